The summed E-state index contributed by atoms with van der Waals surface area (Å²) in [4.78, 5) is 24.5. The summed E-state index contributed by atoms with van der Waals surface area (Å²) in [5, 5.41) is 2.93. The number of ether oxygens (including phenoxy) is 1. The second-order valence-electron chi connectivity index (χ2n) is 7.79. The van der Waals surface area contributed by atoms with E-state index in [0.717, 1.165) is 29.5 Å². The van der Waals surface area contributed by atoms with Gasteiger partial charge in [0.15, 0.2) is 5.78 Å². The Bertz CT molecular complexity index is 842. The number of aryl methyl sites for hydroxylation is 1. The number of amides is 1. The molecule has 0 bridgehead atoms. The first-order valence-corrected chi connectivity index (χ1v) is 10.0. The highest BCUT2D eigenvalue weighted by Gasteiger charge is 2.28. The Kier molecular flexibility index (Phi) is 5.70. The average molecular weight is 430 g/mol. The molecular formula is C22H24BrNO3. The Labute approximate surface area is 168 Å². The van der Waals surface area contributed by atoms with Gasteiger partial charge in [-0.3, -0.25) is 4.79 Å². The molecule has 0 aromatic heterocycles. The van der Waals surface area contributed by atoms with Crippen LogP contribution in [0.1, 0.15) is 65.1 Å². The van der Waals surface area contributed by atoms with Gasteiger partial charge in [-0.05, 0) is 56.4 Å². The maximum Gasteiger partial charge on any atom is 0.408 e. The Morgan fingerprint density at radius 3 is 2.52 bits per heavy atom. The van der Waals surface area contributed by atoms with Gasteiger partial charge < -0.3 is 10.1 Å². The van der Waals surface area contributed by atoms with Crippen LogP contribution in [0.3, 0.4) is 0 Å². The third kappa shape index (κ3) is 4.78. The van der Waals surface area contributed by atoms with Crippen molar-refractivity contribution in [3.05, 3.63) is 70.8 Å². The fraction of sp³-hybridized carbons (Fsp3) is 0.364. The van der Waals surface area contributed by atoms with E-state index in [1.165, 1.54) is 0 Å². The van der Waals surface area contributed by atoms with Crippen LogP contribution >= 0.6 is 15.9 Å². The van der Waals surface area contributed by atoms with Crippen molar-refractivity contribution in [2.45, 2.75) is 50.1 Å². The van der Waals surface area contributed by atoms with Crippen LogP contribution in [0.15, 0.2) is 48.5 Å². The molecule has 2 aromatic rings. The summed E-state index contributed by atoms with van der Waals surface area (Å²) in [6, 6.07) is 15.3. The molecule has 1 aliphatic carbocycles. The maximum absolute atomic E-state index is 12.8. The summed E-state index contributed by atoms with van der Waals surface area (Å²) < 4.78 is 5.35. The van der Waals surface area contributed by atoms with Crippen LogP contribution in [0.25, 0.3) is 0 Å². The minimum atomic E-state index is -0.524. The van der Waals surface area contributed by atoms with Crippen molar-refractivity contribution in [1.29, 1.82) is 0 Å². The van der Waals surface area contributed by atoms with Crippen molar-refractivity contribution < 1.29 is 14.3 Å². The molecule has 142 valence electrons. The summed E-state index contributed by atoms with van der Waals surface area (Å²) in [6.45, 7) is 5.53. The van der Waals surface area contributed by atoms with Crippen molar-refractivity contribution in [2.24, 2.45) is 0 Å². The molecular weight excluding hydrogens is 406 g/mol. The molecule has 0 fully saturated rings. The molecule has 0 heterocycles. The molecule has 1 unspecified atom stereocenters. The fourth-order valence-electron chi connectivity index (χ4n) is 3.29. The smallest absolute Gasteiger partial charge is 0.408 e. The van der Waals surface area contributed by atoms with E-state index < -0.39 is 11.7 Å². The van der Waals surface area contributed by atoms with E-state index in [2.05, 4.69) is 21.2 Å². The summed E-state index contributed by atoms with van der Waals surface area (Å²) in [7, 11) is 0. The fourth-order valence-corrected chi connectivity index (χ4v) is 3.86. The minimum absolute atomic E-state index is 0.0348. The summed E-state index contributed by atoms with van der Waals surface area (Å²) in [5.41, 5.74) is 3.26. The third-order valence-corrected chi connectivity index (χ3v) is 5.46. The summed E-state index contributed by atoms with van der Waals surface area (Å²) in [5.74, 6) is 0.0348. The number of fused-ring (bicyclic) bond motifs is 1. The average Bonchev–Trinajstić information content (AvgIpc) is 3.01. The second kappa shape index (κ2) is 7.85. The van der Waals surface area contributed by atoms with E-state index >= 15 is 0 Å². The Morgan fingerprint density at radius 2 is 1.85 bits per heavy atom. The molecule has 0 spiro atoms. The molecule has 2 atom stereocenters. The Hall–Kier alpha value is -2.14. The minimum Gasteiger partial charge on any atom is -0.444 e. The lowest BCUT2D eigenvalue weighted by Crippen LogP contribution is -2.34. The van der Waals surface area contributed by atoms with Gasteiger partial charge in [0.25, 0.3) is 0 Å². The largest absolute Gasteiger partial charge is 0.444 e. The number of alkyl carbamates (subject to hydrolysis) is 1. The Morgan fingerprint density at radius 1 is 1.15 bits per heavy atom. The van der Waals surface area contributed by atoms with Gasteiger partial charge in [-0.1, -0.05) is 58.4 Å². The number of carbonyl (C=O) groups excluding carboxylic acids is 2. The zero-order valence-corrected chi connectivity index (χ0v) is 17.4. The molecule has 1 amide bonds. The molecule has 4 nitrogen and oxygen atoms in total. The number of hydrogen-bond donors (Lipinski definition) is 1. The van der Waals surface area contributed by atoms with Crippen molar-refractivity contribution in [1.82, 2.24) is 5.32 Å². The van der Waals surface area contributed by atoms with Gasteiger partial charge in [-0.15, -0.1) is 0 Å². The first-order chi connectivity index (χ1) is 12.7. The quantitative estimate of drug-likeness (QED) is 0.514. The van der Waals surface area contributed by atoms with Crippen LogP contribution in [-0.4, -0.2) is 17.5 Å². The zero-order chi connectivity index (χ0) is 19.6. The van der Waals surface area contributed by atoms with Crippen LogP contribution in [0.4, 0.5) is 4.79 Å². The molecule has 0 aliphatic heterocycles. The van der Waals surface area contributed by atoms with Crippen molar-refractivity contribution >= 4 is 27.8 Å². The van der Waals surface area contributed by atoms with E-state index in [9.17, 15) is 9.59 Å². The molecule has 0 saturated heterocycles. The third-order valence-electron chi connectivity index (χ3n) is 4.52. The number of nitrogens with one attached hydrogen (secondary N) is 1. The number of hydrogen-bond acceptors (Lipinski definition) is 3. The van der Waals surface area contributed by atoms with E-state index in [4.69, 9.17) is 4.74 Å². The first kappa shape index (κ1) is 19.6. The standard InChI is InChI=1S/C22H24BrNO3/c1-22(2,3)27-21(26)24-18-12-10-15-13-16(9-11-17(15)18)20(25)19(23)14-7-5-4-6-8-14/h4-9,11,13,18-19H,10,12H2,1-3H3,(H,24,26)/t18-,19?/m0/s1. The first-order valence-electron chi connectivity index (χ1n) is 9.10. The zero-order valence-electron chi connectivity index (χ0n) is 15.8. The van der Waals surface area contributed by atoms with Gasteiger partial charge in [0.05, 0.1) is 6.04 Å². The lowest BCUT2D eigenvalue weighted by molar-refractivity contribution is 0.0503. The SMILES string of the molecule is CC(C)(C)OC(=O)N[C@H]1CCc2cc(C(=O)C(Br)c3ccccc3)ccc21. The molecule has 5 heteroatoms. The molecule has 0 radical (unpaired) electrons. The van der Waals surface area contributed by atoms with Crippen LogP contribution in [0.5, 0.6) is 0 Å². The topological polar surface area (TPSA) is 55.4 Å². The van der Waals surface area contributed by atoms with Crippen molar-refractivity contribution in [2.75, 3.05) is 0 Å². The van der Waals surface area contributed by atoms with Crippen LogP contribution in [-0.2, 0) is 11.2 Å². The number of alkyl halides is 1. The van der Waals surface area contributed by atoms with Crippen LogP contribution in [0.2, 0.25) is 0 Å². The molecule has 1 N–H and O–H groups in total. The normalized spacial score (nSPS) is 17.1. The maximum atomic E-state index is 12.8. The summed E-state index contributed by atoms with van der Waals surface area (Å²) >= 11 is 3.52. The highest BCUT2D eigenvalue weighted by atomic mass is 79.9. The van der Waals surface area contributed by atoms with Gasteiger partial charge in [0, 0.05) is 5.56 Å². The summed E-state index contributed by atoms with van der Waals surface area (Å²) in [6.07, 6.45) is 1.22. The van der Waals surface area contributed by atoms with E-state index in [1.807, 2.05) is 69.3 Å². The molecule has 27 heavy (non-hydrogen) atoms. The van der Waals surface area contributed by atoms with Crippen molar-refractivity contribution in [3.8, 4) is 0 Å². The predicted octanol–water partition coefficient (Wildman–Crippen LogP) is 5.52. The van der Waals surface area contributed by atoms with E-state index in [1.54, 1.807) is 0 Å². The highest BCUT2D eigenvalue weighted by molar-refractivity contribution is 9.09. The second-order valence-corrected chi connectivity index (χ2v) is 8.70. The monoisotopic (exact) mass is 429 g/mol. The van der Waals surface area contributed by atoms with Crippen LogP contribution in [0, 0.1) is 0 Å². The van der Waals surface area contributed by atoms with E-state index in [0.29, 0.717) is 5.56 Å². The highest BCUT2D eigenvalue weighted by Crippen LogP contribution is 2.34. The number of rotatable bonds is 4. The lowest BCUT2D eigenvalue weighted by atomic mass is 9.98. The van der Waals surface area contributed by atoms with Gasteiger partial charge in [0.1, 0.15) is 10.4 Å². The number of ketones is 1. The van der Waals surface area contributed by atoms with E-state index in [-0.39, 0.29) is 16.7 Å². The van der Waals surface area contributed by atoms with Crippen LogP contribution < -0.4 is 5.32 Å². The Balaban J connectivity index is 1.73. The number of halogens is 1. The van der Waals surface area contributed by atoms with Gasteiger partial charge >= 0.3 is 6.09 Å². The number of Topliss-reactive ketones (excluding diaryl/α,β-unsaturated/α-hetero) is 1. The lowest BCUT2D eigenvalue weighted by Gasteiger charge is -2.22. The van der Waals surface area contributed by atoms with Gasteiger partial charge in [-0.2, -0.15) is 0 Å². The number of carbonyl (C=O) groups is 2. The molecule has 2 aromatic carbocycles. The molecule has 1 aliphatic rings. The van der Waals surface area contributed by atoms with Gasteiger partial charge in [-0.25, -0.2) is 4.79 Å². The van der Waals surface area contributed by atoms with Gasteiger partial charge in [0.2, 0.25) is 0 Å². The molecule has 3 rings (SSSR count). The number of benzene rings is 2. The predicted molar refractivity (Wildman–Crippen MR) is 109 cm³/mol. The van der Waals surface area contributed by atoms with Crippen molar-refractivity contribution in [3.63, 3.8) is 0 Å². The molecule has 0 saturated carbocycles.